The first kappa shape index (κ1) is 83.8. The molecule has 9 heteroatoms. The molecule has 32 rings (SSSR count). The van der Waals surface area contributed by atoms with E-state index in [2.05, 4.69) is 481 Å². The Morgan fingerprint density at radius 1 is 0.197 bits per heavy atom. The molecule has 3 aliphatic rings. The smallest absolute Gasteiger partial charge is 0.159 e. The molecule has 0 fully saturated rings. The molecule has 147 heavy (non-hydrogen) atoms. The van der Waals surface area contributed by atoms with Crippen molar-refractivity contribution in [3.05, 3.63) is 589 Å². The van der Waals surface area contributed by atoms with Crippen molar-refractivity contribution in [1.82, 2.24) is 28.7 Å². The van der Waals surface area contributed by atoms with E-state index in [0.29, 0.717) is 0 Å². The second kappa shape index (κ2) is 33.1. The van der Waals surface area contributed by atoms with E-state index in [0.717, 1.165) is 138 Å². The predicted octanol–water partition coefficient (Wildman–Crippen LogP) is 35.1. The molecule has 3 aliphatic carbocycles. The second-order valence-electron chi connectivity index (χ2n) is 38.9. The fraction of sp³-hybridized carbons (Fsp3) is 0.0217. The Labute approximate surface area is 850 Å². The van der Waals surface area contributed by atoms with Crippen LogP contribution >= 0.6 is 11.3 Å². The van der Waals surface area contributed by atoms with Crippen LogP contribution in [-0.4, -0.2) is 28.7 Å². The van der Waals surface area contributed by atoms with Crippen LogP contribution in [0.5, 0.6) is 0 Å². The van der Waals surface area contributed by atoms with Crippen LogP contribution in [0.25, 0.3) is 203 Å². The lowest BCUT2D eigenvalue weighted by atomic mass is 9.67. The molecule has 0 radical (unpaired) electrons. The molecule has 0 bridgehead atoms. The number of pyridine rings is 3. The Balaban J connectivity index is 0.000000102. The average Bonchev–Trinajstić information content (AvgIpc) is 1.53. The Kier molecular flexibility index (Phi) is 18.9. The van der Waals surface area contributed by atoms with Crippen molar-refractivity contribution in [2.75, 3.05) is 0 Å². The van der Waals surface area contributed by atoms with Crippen LogP contribution < -0.4 is 0 Å². The standard InChI is InChI=1S/C48H30N2O.C48H30N2S.C42H26N2O/c2*1-3-13-32(14-4-1)48(33-15-5-2-6-16-33)41-21-9-7-17-36(41)39-30-44-40(29-42(39)48)46-43(22-12-28-49-46)50(44)34-26-24-31(25-27-34)35-19-11-20-38-37-18-8-10-23-45(37)51-47(35)38;1-3-13-27(14-4-1)42(28-15-5-2-6-16-28)34-20-9-7-17-29(34)32-26-38-33(25-35(32)42)40-36(22-12-24-43-40)44(38)37-21-11-19-31-30-18-8-10-23-39(30)45-41(31)37/h2*1-30H;1-26H. The lowest BCUT2D eigenvalue weighted by Crippen LogP contribution is -2.28. The molecule has 0 saturated carbocycles. The van der Waals surface area contributed by atoms with E-state index in [1.54, 1.807) is 0 Å². The molecular formula is C138H86N6O2S. The van der Waals surface area contributed by atoms with Gasteiger partial charge < -0.3 is 22.5 Å². The quantitative estimate of drug-likeness (QED) is 0.129. The average molecular weight is 1890 g/mol. The number of benzene rings is 20. The maximum absolute atomic E-state index is 6.56. The molecular weight excluding hydrogens is 1810 g/mol. The molecule has 0 N–H and O–H groups in total. The molecule has 0 spiro atoms. The summed E-state index contributed by atoms with van der Waals surface area (Å²) in [6.07, 6.45) is 5.73. The van der Waals surface area contributed by atoms with E-state index in [-0.39, 0.29) is 0 Å². The topological polar surface area (TPSA) is 79.7 Å². The van der Waals surface area contributed by atoms with Gasteiger partial charge in [0.1, 0.15) is 16.7 Å². The summed E-state index contributed by atoms with van der Waals surface area (Å²) >= 11 is 1.88. The third-order valence-corrected chi connectivity index (χ3v) is 32.8. The highest BCUT2D eigenvalue weighted by atomic mass is 32.1. The van der Waals surface area contributed by atoms with Crippen LogP contribution in [0, 0.1) is 0 Å². The van der Waals surface area contributed by atoms with Gasteiger partial charge in [-0.05, 0) is 238 Å². The van der Waals surface area contributed by atoms with Crippen LogP contribution in [0.1, 0.15) is 66.8 Å². The summed E-state index contributed by atoms with van der Waals surface area (Å²) in [5, 5.41) is 10.6. The summed E-state index contributed by atoms with van der Waals surface area (Å²) in [6, 6.07) is 183. The highest BCUT2D eigenvalue weighted by molar-refractivity contribution is 7.26. The van der Waals surface area contributed by atoms with Crippen molar-refractivity contribution < 1.29 is 8.83 Å². The van der Waals surface area contributed by atoms with Gasteiger partial charge >= 0.3 is 0 Å². The highest BCUT2D eigenvalue weighted by Gasteiger charge is 2.50. The summed E-state index contributed by atoms with van der Waals surface area (Å²) in [5.41, 5.74) is 42.7. The van der Waals surface area contributed by atoms with E-state index in [9.17, 15) is 0 Å². The minimum Gasteiger partial charge on any atom is -0.455 e. The van der Waals surface area contributed by atoms with Gasteiger partial charge in [-0.15, -0.1) is 11.3 Å². The Hall–Kier alpha value is -18.9. The summed E-state index contributed by atoms with van der Waals surface area (Å²) in [4.78, 5) is 15.0. The monoisotopic (exact) mass is 1890 g/mol. The first-order valence-corrected chi connectivity index (χ1v) is 51.1. The lowest BCUT2D eigenvalue weighted by molar-refractivity contribution is 0.666. The molecule has 0 aliphatic heterocycles. The predicted molar refractivity (Wildman–Crippen MR) is 606 cm³/mol. The SMILES string of the molecule is c1ccc(C2(c3ccccc3)c3ccccc3-c3cc4c(cc32)c2ncccc2n4-c2ccc(-c3cccc4c3oc3ccccc34)cc2)cc1.c1ccc(C2(c3ccccc3)c3ccccc3-c3cc4c(cc32)c2ncccc2n4-c2ccc(-c3cccc4c3sc3ccccc34)cc2)cc1.c1ccc(C2(c3ccccc3)c3ccccc3-c3cc4c(cc32)c2ncccc2n4-c2cccc3c2oc2ccccc23)cc1. The van der Waals surface area contributed by atoms with Crippen LogP contribution in [0.2, 0.25) is 0 Å². The number of rotatable bonds is 11. The number of fused-ring (bicyclic) bond motifs is 27. The number of aromatic nitrogens is 6. The van der Waals surface area contributed by atoms with Gasteiger partial charge in [0, 0.05) is 93.4 Å². The van der Waals surface area contributed by atoms with Crippen molar-refractivity contribution in [2.45, 2.75) is 16.2 Å². The number of furan rings is 2. The first-order valence-electron chi connectivity index (χ1n) is 50.3. The van der Waals surface area contributed by atoms with Gasteiger partial charge in [-0.2, -0.15) is 0 Å². The summed E-state index contributed by atoms with van der Waals surface area (Å²) in [6.45, 7) is 0. The number of hydrogen-bond acceptors (Lipinski definition) is 6. The van der Waals surface area contributed by atoms with Crippen molar-refractivity contribution in [3.63, 3.8) is 0 Å². The summed E-state index contributed by atoms with van der Waals surface area (Å²) in [5.74, 6) is 0. The summed E-state index contributed by atoms with van der Waals surface area (Å²) in [7, 11) is 0. The third-order valence-electron chi connectivity index (χ3n) is 31.6. The lowest BCUT2D eigenvalue weighted by Gasteiger charge is -2.33. The van der Waals surface area contributed by atoms with Gasteiger partial charge in [0.25, 0.3) is 0 Å². The molecule has 9 aromatic heterocycles. The molecule has 686 valence electrons. The van der Waals surface area contributed by atoms with Crippen molar-refractivity contribution >= 4 is 141 Å². The fourth-order valence-corrected chi connectivity index (χ4v) is 26.8. The van der Waals surface area contributed by atoms with Crippen molar-refractivity contribution in [2.24, 2.45) is 0 Å². The number of hydrogen-bond donors (Lipinski definition) is 0. The largest absolute Gasteiger partial charge is 0.455 e. The molecule has 0 atom stereocenters. The zero-order chi connectivity index (χ0) is 96.6. The van der Waals surface area contributed by atoms with Gasteiger partial charge in [-0.3, -0.25) is 15.0 Å². The van der Waals surface area contributed by atoms with Gasteiger partial charge in [0.2, 0.25) is 0 Å². The third kappa shape index (κ3) is 12.3. The van der Waals surface area contributed by atoms with E-state index in [1.807, 2.05) is 66.3 Å². The highest BCUT2D eigenvalue weighted by Crippen LogP contribution is 2.62. The number of thiophene rings is 1. The minimum atomic E-state index is -0.468. The van der Waals surface area contributed by atoms with E-state index >= 15 is 0 Å². The van der Waals surface area contributed by atoms with Gasteiger partial charge in [-0.1, -0.05) is 382 Å². The van der Waals surface area contributed by atoms with Gasteiger partial charge in [0.05, 0.1) is 71.6 Å². The van der Waals surface area contributed by atoms with Crippen LogP contribution in [0.15, 0.2) is 531 Å². The van der Waals surface area contributed by atoms with Crippen molar-refractivity contribution in [1.29, 1.82) is 0 Å². The second-order valence-corrected chi connectivity index (χ2v) is 39.9. The molecule has 29 aromatic rings. The summed E-state index contributed by atoms with van der Waals surface area (Å²) < 4.78 is 22.7. The zero-order valence-electron chi connectivity index (χ0n) is 79.6. The van der Waals surface area contributed by atoms with Crippen molar-refractivity contribution in [3.8, 4) is 72.7 Å². The van der Waals surface area contributed by atoms with Gasteiger partial charge in [0.15, 0.2) is 5.58 Å². The molecule has 0 unspecified atom stereocenters. The van der Waals surface area contributed by atoms with E-state index in [4.69, 9.17) is 23.8 Å². The minimum absolute atomic E-state index is 0.457. The van der Waals surface area contributed by atoms with Crippen LogP contribution in [0.3, 0.4) is 0 Å². The Morgan fingerprint density at radius 2 is 0.510 bits per heavy atom. The van der Waals surface area contributed by atoms with Crippen LogP contribution in [0.4, 0.5) is 0 Å². The fourth-order valence-electron chi connectivity index (χ4n) is 25.6. The number of nitrogens with zero attached hydrogens (tertiary/aromatic N) is 6. The molecule has 0 saturated heterocycles. The molecule has 9 heterocycles. The van der Waals surface area contributed by atoms with E-state index in [1.165, 1.54) is 131 Å². The molecule has 8 nitrogen and oxygen atoms in total. The van der Waals surface area contributed by atoms with Crippen LogP contribution in [-0.2, 0) is 16.2 Å². The van der Waals surface area contributed by atoms with Gasteiger partial charge in [-0.25, -0.2) is 0 Å². The maximum atomic E-state index is 6.56. The van der Waals surface area contributed by atoms with E-state index < -0.39 is 16.2 Å². The number of para-hydroxylation sites is 4. The maximum Gasteiger partial charge on any atom is 0.159 e. The molecule has 20 aromatic carbocycles. The molecule has 0 amide bonds. The zero-order valence-corrected chi connectivity index (χ0v) is 80.4. The Bertz CT molecular complexity index is 9850. The normalized spacial score (nSPS) is 13.3. The Morgan fingerprint density at radius 3 is 0.932 bits per heavy atom. The first-order chi connectivity index (χ1) is 72.9.